The van der Waals surface area contributed by atoms with Crippen LogP contribution >= 0.6 is 0 Å². The first-order valence-corrected chi connectivity index (χ1v) is 8.70. The monoisotopic (exact) mass is 317 g/mol. The molecule has 1 aromatic carbocycles. The molecule has 1 aliphatic carbocycles. The summed E-state index contributed by atoms with van der Waals surface area (Å²) < 4.78 is 2.39. The van der Waals surface area contributed by atoms with E-state index in [1.165, 1.54) is 22.2 Å². The predicted molar refractivity (Wildman–Crippen MR) is 97.9 cm³/mol. The molecule has 3 heteroatoms. The van der Waals surface area contributed by atoms with Crippen LogP contribution in [0.5, 0.6) is 0 Å². The summed E-state index contributed by atoms with van der Waals surface area (Å²) >= 11 is 0. The van der Waals surface area contributed by atoms with Crippen LogP contribution in [0.2, 0.25) is 0 Å². The first kappa shape index (κ1) is 16.3. The maximum Gasteiger partial charge on any atom is 0.0991 e. The van der Waals surface area contributed by atoms with Gasteiger partial charge < -0.3 is 4.57 Å². The van der Waals surface area contributed by atoms with Gasteiger partial charge in [-0.3, -0.25) is 4.98 Å². The van der Waals surface area contributed by atoms with Crippen molar-refractivity contribution in [1.82, 2.24) is 9.55 Å². The molecular formula is C21H23N3. The first-order chi connectivity index (χ1) is 11.8. The Bertz CT molecular complexity index is 885. The molecule has 4 rings (SSSR count). The molecule has 0 amide bonds. The van der Waals surface area contributed by atoms with Gasteiger partial charge in [0.1, 0.15) is 0 Å². The second-order valence-electron chi connectivity index (χ2n) is 6.19. The van der Waals surface area contributed by atoms with Crippen LogP contribution in [0.25, 0.3) is 10.9 Å². The lowest BCUT2D eigenvalue weighted by atomic mass is 10.1. The standard InChI is InChI=1S/C19H17N3.C2H6/c1-13-8-16-17-10-14(11-20)5-6-18(17)22(19(16)9-13)12-15-4-2-3-7-21-15;1-2/h2-7,10,13H,8-9,12H2,1H3;1-2H3. The molecule has 0 fully saturated rings. The van der Waals surface area contributed by atoms with Crippen LogP contribution in [0.3, 0.4) is 0 Å². The van der Waals surface area contributed by atoms with Gasteiger partial charge in [0.05, 0.1) is 23.9 Å². The zero-order chi connectivity index (χ0) is 17.1. The number of pyridine rings is 1. The molecule has 0 radical (unpaired) electrons. The van der Waals surface area contributed by atoms with Crippen LogP contribution in [0.4, 0.5) is 0 Å². The highest BCUT2D eigenvalue weighted by atomic mass is 15.0. The minimum Gasteiger partial charge on any atom is -0.338 e. The zero-order valence-electron chi connectivity index (χ0n) is 14.6. The van der Waals surface area contributed by atoms with E-state index in [0.29, 0.717) is 5.92 Å². The number of hydrogen-bond acceptors (Lipinski definition) is 2. The van der Waals surface area contributed by atoms with Crippen LogP contribution in [0.15, 0.2) is 42.6 Å². The Morgan fingerprint density at radius 2 is 2.04 bits per heavy atom. The Balaban J connectivity index is 0.000000815. The van der Waals surface area contributed by atoms with Crippen molar-refractivity contribution in [2.24, 2.45) is 5.92 Å². The molecule has 2 heterocycles. The van der Waals surface area contributed by atoms with Gasteiger partial charge in [-0.05, 0) is 54.7 Å². The van der Waals surface area contributed by atoms with Crippen molar-refractivity contribution in [3.63, 3.8) is 0 Å². The van der Waals surface area contributed by atoms with Crippen molar-refractivity contribution in [3.8, 4) is 6.07 Å². The summed E-state index contributed by atoms with van der Waals surface area (Å²) in [5.41, 5.74) is 5.89. The third-order valence-corrected chi connectivity index (χ3v) is 4.56. The van der Waals surface area contributed by atoms with E-state index in [-0.39, 0.29) is 0 Å². The lowest BCUT2D eigenvalue weighted by Crippen LogP contribution is -2.06. The number of benzene rings is 1. The van der Waals surface area contributed by atoms with Crippen LogP contribution in [0, 0.1) is 17.2 Å². The summed E-state index contributed by atoms with van der Waals surface area (Å²) in [6.07, 6.45) is 4.06. The number of nitrogens with zero attached hydrogens (tertiary/aromatic N) is 3. The van der Waals surface area contributed by atoms with Crippen molar-refractivity contribution in [2.45, 2.75) is 40.2 Å². The summed E-state index contributed by atoms with van der Waals surface area (Å²) in [6.45, 7) is 7.09. The van der Waals surface area contributed by atoms with Crippen molar-refractivity contribution >= 4 is 10.9 Å². The van der Waals surface area contributed by atoms with E-state index in [4.69, 9.17) is 0 Å². The third kappa shape index (κ3) is 2.80. The van der Waals surface area contributed by atoms with E-state index in [2.05, 4.69) is 34.7 Å². The van der Waals surface area contributed by atoms with Crippen LogP contribution in [-0.4, -0.2) is 9.55 Å². The number of nitriles is 1. The number of rotatable bonds is 2. The van der Waals surface area contributed by atoms with E-state index < -0.39 is 0 Å². The summed E-state index contributed by atoms with van der Waals surface area (Å²) in [7, 11) is 0. The molecule has 0 bridgehead atoms. The molecule has 0 N–H and O–H groups in total. The minimum absolute atomic E-state index is 0.676. The predicted octanol–water partition coefficient (Wildman–Crippen LogP) is 4.72. The maximum absolute atomic E-state index is 9.17. The highest BCUT2D eigenvalue weighted by Crippen LogP contribution is 2.36. The largest absolute Gasteiger partial charge is 0.338 e. The SMILES string of the molecule is CC.CC1Cc2c(n(Cc3ccccn3)c3ccc(C#N)cc23)C1. The van der Waals surface area contributed by atoms with Gasteiger partial charge in [0.25, 0.3) is 0 Å². The Morgan fingerprint density at radius 1 is 1.21 bits per heavy atom. The Kier molecular flexibility index (Phi) is 4.66. The average molecular weight is 317 g/mol. The van der Waals surface area contributed by atoms with E-state index in [9.17, 15) is 5.26 Å². The lowest BCUT2D eigenvalue weighted by Gasteiger charge is -2.10. The first-order valence-electron chi connectivity index (χ1n) is 8.70. The molecule has 3 nitrogen and oxygen atoms in total. The highest BCUT2D eigenvalue weighted by molar-refractivity contribution is 5.87. The molecular weight excluding hydrogens is 294 g/mol. The molecule has 1 atom stereocenters. The van der Waals surface area contributed by atoms with Gasteiger partial charge in [-0.1, -0.05) is 26.8 Å². The van der Waals surface area contributed by atoms with Crippen molar-refractivity contribution in [2.75, 3.05) is 0 Å². The molecule has 0 saturated heterocycles. The molecule has 0 spiro atoms. The van der Waals surface area contributed by atoms with Crippen LogP contribution in [-0.2, 0) is 19.4 Å². The van der Waals surface area contributed by atoms with Crippen LogP contribution < -0.4 is 0 Å². The molecule has 0 aliphatic heterocycles. The second-order valence-corrected chi connectivity index (χ2v) is 6.19. The van der Waals surface area contributed by atoms with Gasteiger partial charge in [-0.15, -0.1) is 0 Å². The van der Waals surface area contributed by atoms with Crippen LogP contribution in [0.1, 0.15) is 43.3 Å². The normalized spacial score (nSPS) is 15.5. The fraction of sp³-hybridized carbons (Fsp3) is 0.333. The topological polar surface area (TPSA) is 41.6 Å². The number of hydrogen-bond donors (Lipinski definition) is 0. The fourth-order valence-electron chi connectivity index (χ4n) is 3.59. The maximum atomic E-state index is 9.17. The average Bonchev–Trinajstić information content (AvgIpc) is 3.14. The Morgan fingerprint density at radius 3 is 2.75 bits per heavy atom. The van der Waals surface area contributed by atoms with E-state index >= 15 is 0 Å². The van der Waals surface area contributed by atoms with E-state index in [0.717, 1.165) is 30.6 Å². The summed E-state index contributed by atoms with van der Waals surface area (Å²) in [6, 6.07) is 14.3. The van der Waals surface area contributed by atoms with Gasteiger partial charge in [0.15, 0.2) is 0 Å². The molecule has 2 aromatic heterocycles. The Labute approximate surface area is 143 Å². The number of fused-ring (bicyclic) bond motifs is 3. The molecule has 122 valence electrons. The number of aromatic nitrogens is 2. The zero-order valence-corrected chi connectivity index (χ0v) is 14.6. The van der Waals surface area contributed by atoms with Crippen molar-refractivity contribution < 1.29 is 0 Å². The molecule has 3 aromatic rings. The summed E-state index contributed by atoms with van der Waals surface area (Å²) in [5, 5.41) is 10.4. The third-order valence-electron chi connectivity index (χ3n) is 4.56. The minimum atomic E-state index is 0.676. The smallest absolute Gasteiger partial charge is 0.0991 e. The lowest BCUT2D eigenvalue weighted by molar-refractivity contribution is 0.608. The highest BCUT2D eigenvalue weighted by Gasteiger charge is 2.26. The summed E-state index contributed by atoms with van der Waals surface area (Å²) in [4.78, 5) is 4.47. The van der Waals surface area contributed by atoms with Gasteiger partial charge in [-0.25, -0.2) is 0 Å². The van der Waals surface area contributed by atoms with Crippen molar-refractivity contribution in [3.05, 3.63) is 65.1 Å². The van der Waals surface area contributed by atoms with E-state index in [1.54, 1.807) is 0 Å². The molecule has 24 heavy (non-hydrogen) atoms. The van der Waals surface area contributed by atoms with Gasteiger partial charge in [0.2, 0.25) is 0 Å². The van der Waals surface area contributed by atoms with Crippen molar-refractivity contribution in [1.29, 1.82) is 5.26 Å². The van der Waals surface area contributed by atoms with Gasteiger partial charge in [-0.2, -0.15) is 5.26 Å². The van der Waals surface area contributed by atoms with E-state index in [1.807, 2.05) is 44.3 Å². The second kappa shape index (κ2) is 6.88. The Hall–Kier alpha value is -2.60. The molecule has 1 aliphatic rings. The van der Waals surface area contributed by atoms with Gasteiger partial charge >= 0.3 is 0 Å². The fourth-order valence-corrected chi connectivity index (χ4v) is 3.59. The quantitative estimate of drug-likeness (QED) is 0.686. The summed E-state index contributed by atoms with van der Waals surface area (Å²) in [5.74, 6) is 0.676. The molecule has 1 unspecified atom stereocenters. The van der Waals surface area contributed by atoms with Gasteiger partial charge in [0, 0.05) is 22.8 Å². The molecule has 0 saturated carbocycles.